The van der Waals surface area contributed by atoms with Crippen molar-refractivity contribution in [2.75, 3.05) is 19.0 Å². The zero-order valence-electron chi connectivity index (χ0n) is 11.3. The number of hydrogen-bond acceptors (Lipinski definition) is 5. The van der Waals surface area contributed by atoms with Gasteiger partial charge in [0.1, 0.15) is 6.33 Å². The van der Waals surface area contributed by atoms with E-state index in [4.69, 9.17) is 16.3 Å². The van der Waals surface area contributed by atoms with Gasteiger partial charge in [0.15, 0.2) is 16.7 Å². The van der Waals surface area contributed by atoms with E-state index >= 15 is 0 Å². The molecule has 1 aliphatic carbocycles. The maximum absolute atomic E-state index is 9.77. The van der Waals surface area contributed by atoms with Gasteiger partial charge in [-0.2, -0.15) is 0 Å². The lowest BCUT2D eigenvalue weighted by molar-refractivity contribution is 0.149. The molecule has 106 valence electrons. The van der Waals surface area contributed by atoms with Crippen molar-refractivity contribution in [1.82, 2.24) is 9.97 Å². The number of halogens is 1. The SMILES string of the molecule is COc1c(Cl)ncnc1NC1(CO)CCCC(C)C1. The first-order valence-electron chi connectivity index (χ1n) is 6.54. The average Bonchev–Trinajstić information content (AvgIpc) is 2.39. The van der Waals surface area contributed by atoms with E-state index in [1.165, 1.54) is 19.9 Å². The van der Waals surface area contributed by atoms with E-state index in [0.29, 0.717) is 17.5 Å². The topological polar surface area (TPSA) is 67.3 Å². The summed E-state index contributed by atoms with van der Waals surface area (Å²) in [5.41, 5.74) is -0.345. The van der Waals surface area contributed by atoms with Crippen LogP contribution >= 0.6 is 11.6 Å². The Morgan fingerprint density at radius 1 is 1.58 bits per heavy atom. The predicted molar refractivity (Wildman–Crippen MR) is 74.7 cm³/mol. The second kappa shape index (κ2) is 5.92. The van der Waals surface area contributed by atoms with Gasteiger partial charge in [0.25, 0.3) is 0 Å². The van der Waals surface area contributed by atoms with Crippen LogP contribution in [0.1, 0.15) is 32.6 Å². The first-order chi connectivity index (χ1) is 9.10. The van der Waals surface area contributed by atoms with Crippen LogP contribution in [0.2, 0.25) is 5.15 Å². The number of ether oxygens (including phenoxy) is 1. The molecule has 2 atom stereocenters. The molecule has 0 spiro atoms. The number of nitrogens with one attached hydrogen (secondary N) is 1. The zero-order chi connectivity index (χ0) is 13.9. The highest BCUT2D eigenvalue weighted by atomic mass is 35.5. The summed E-state index contributed by atoms with van der Waals surface area (Å²) in [6.07, 6.45) is 5.51. The van der Waals surface area contributed by atoms with Gasteiger partial charge in [0, 0.05) is 0 Å². The average molecular weight is 286 g/mol. The Balaban J connectivity index is 2.25. The Labute approximate surface area is 118 Å². The molecule has 1 aromatic rings. The first-order valence-corrected chi connectivity index (χ1v) is 6.91. The van der Waals surface area contributed by atoms with E-state index in [1.54, 1.807) is 0 Å². The molecule has 2 rings (SSSR count). The molecule has 1 fully saturated rings. The van der Waals surface area contributed by atoms with Crippen LogP contribution in [0.5, 0.6) is 5.75 Å². The Morgan fingerprint density at radius 3 is 3.00 bits per heavy atom. The highest BCUT2D eigenvalue weighted by molar-refractivity contribution is 6.31. The third kappa shape index (κ3) is 3.09. The van der Waals surface area contributed by atoms with Crippen molar-refractivity contribution in [3.05, 3.63) is 11.5 Å². The fraction of sp³-hybridized carbons (Fsp3) is 0.692. The molecule has 6 heteroatoms. The van der Waals surface area contributed by atoms with Gasteiger partial charge in [-0.05, 0) is 18.8 Å². The largest absolute Gasteiger partial charge is 0.490 e. The quantitative estimate of drug-likeness (QED) is 0.832. The molecule has 1 aliphatic rings. The molecular formula is C13H20ClN3O2. The molecule has 5 nitrogen and oxygen atoms in total. The molecule has 0 saturated heterocycles. The van der Waals surface area contributed by atoms with Crippen LogP contribution in [0.3, 0.4) is 0 Å². The van der Waals surface area contributed by atoms with Crippen LogP contribution in [0.15, 0.2) is 6.33 Å². The van der Waals surface area contributed by atoms with Crippen LogP contribution in [0.4, 0.5) is 5.82 Å². The van der Waals surface area contributed by atoms with Crippen molar-refractivity contribution >= 4 is 17.4 Å². The van der Waals surface area contributed by atoms with Gasteiger partial charge >= 0.3 is 0 Å². The predicted octanol–water partition coefficient (Wildman–Crippen LogP) is 2.49. The van der Waals surface area contributed by atoms with Crippen molar-refractivity contribution in [2.24, 2.45) is 5.92 Å². The van der Waals surface area contributed by atoms with Gasteiger partial charge in [-0.3, -0.25) is 0 Å². The molecule has 0 aromatic carbocycles. The number of aromatic nitrogens is 2. The number of hydrogen-bond donors (Lipinski definition) is 2. The third-order valence-corrected chi connectivity index (χ3v) is 4.01. The van der Waals surface area contributed by atoms with E-state index in [2.05, 4.69) is 22.2 Å². The van der Waals surface area contributed by atoms with Crippen LogP contribution in [-0.2, 0) is 0 Å². The molecular weight excluding hydrogens is 266 g/mol. The molecule has 0 aliphatic heterocycles. The van der Waals surface area contributed by atoms with Gasteiger partial charge in [-0.25, -0.2) is 9.97 Å². The maximum atomic E-state index is 9.77. The summed E-state index contributed by atoms with van der Waals surface area (Å²) in [6.45, 7) is 2.28. The molecule has 1 heterocycles. The number of nitrogens with zero attached hydrogens (tertiary/aromatic N) is 2. The van der Waals surface area contributed by atoms with Crippen molar-refractivity contribution in [1.29, 1.82) is 0 Å². The fourth-order valence-corrected chi connectivity index (χ4v) is 3.04. The fourth-order valence-electron chi connectivity index (χ4n) is 2.83. The first kappa shape index (κ1) is 14.3. The minimum absolute atomic E-state index is 0.0715. The number of aliphatic hydroxyl groups is 1. The Bertz CT molecular complexity index is 444. The number of anilines is 1. The highest BCUT2D eigenvalue weighted by Crippen LogP contribution is 2.37. The van der Waals surface area contributed by atoms with Crippen LogP contribution in [0, 0.1) is 5.92 Å². The zero-order valence-corrected chi connectivity index (χ0v) is 12.1. The highest BCUT2D eigenvalue weighted by Gasteiger charge is 2.35. The third-order valence-electron chi connectivity index (χ3n) is 3.74. The van der Waals surface area contributed by atoms with Crippen molar-refractivity contribution in [3.8, 4) is 5.75 Å². The lowest BCUT2D eigenvalue weighted by atomic mass is 9.77. The second-order valence-corrected chi connectivity index (χ2v) is 5.67. The summed E-state index contributed by atoms with van der Waals surface area (Å²) in [7, 11) is 1.53. The maximum Gasteiger partial charge on any atom is 0.198 e. The lowest BCUT2D eigenvalue weighted by Gasteiger charge is -2.40. The summed E-state index contributed by atoms with van der Waals surface area (Å²) in [4.78, 5) is 8.07. The molecule has 0 radical (unpaired) electrons. The summed E-state index contributed by atoms with van der Waals surface area (Å²) in [5.74, 6) is 1.55. The molecule has 19 heavy (non-hydrogen) atoms. The van der Waals surface area contributed by atoms with Crippen LogP contribution in [0.25, 0.3) is 0 Å². The summed E-state index contributed by atoms with van der Waals surface area (Å²) in [6, 6.07) is 0. The van der Waals surface area contributed by atoms with Gasteiger partial charge in [0.05, 0.1) is 19.3 Å². The van der Waals surface area contributed by atoms with E-state index in [1.807, 2.05) is 0 Å². The lowest BCUT2D eigenvalue weighted by Crippen LogP contribution is -2.46. The Hall–Kier alpha value is -1.07. The van der Waals surface area contributed by atoms with Gasteiger partial charge in [-0.15, -0.1) is 0 Å². The number of methoxy groups -OCH3 is 1. The van der Waals surface area contributed by atoms with Gasteiger partial charge < -0.3 is 15.2 Å². The van der Waals surface area contributed by atoms with E-state index in [9.17, 15) is 5.11 Å². The minimum Gasteiger partial charge on any atom is -0.490 e. The summed E-state index contributed by atoms with van der Waals surface area (Å²) < 4.78 is 5.23. The smallest absolute Gasteiger partial charge is 0.198 e. The Kier molecular flexibility index (Phi) is 4.47. The molecule has 0 amide bonds. The van der Waals surface area contributed by atoms with Crippen molar-refractivity contribution in [2.45, 2.75) is 38.1 Å². The molecule has 2 unspecified atom stereocenters. The summed E-state index contributed by atoms with van der Waals surface area (Å²) in [5, 5.41) is 13.4. The van der Waals surface area contributed by atoms with E-state index < -0.39 is 0 Å². The monoisotopic (exact) mass is 285 g/mol. The Morgan fingerprint density at radius 2 is 2.37 bits per heavy atom. The molecule has 1 saturated carbocycles. The second-order valence-electron chi connectivity index (χ2n) is 5.31. The molecule has 2 N–H and O–H groups in total. The van der Waals surface area contributed by atoms with Crippen molar-refractivity contribution < 1.29 is 9.84 Å². The number of aliphatic hydroxyl groups excluding tert-OH is 1. The standard InChI is InChI=1S/C13H20ClN3O2/c1-9-4-3-5-13(6-9,7-18)17-12-10(19-2)11(14)15-8-16-12/h8-9,18H,3-7H2,1-2H3,(H,15,16,17). The van der Waals surface area contributed by atoms with Crippen molar-refractivity contribution in [3.63, 3.8) is 0 Å². The van der Waals surface area contributed by atoms with E-state index in [-0.39, 0.29) is 17.3 Å². The van der Waals surface area contributed by atoms with Gasteiger partial charge in [0.2, 0.25) is 0 Å². The molecule has 1 aromatic heterocycles. The molecule has 0 bridgehead atoms. The van der Waals surface area contributed by atoms with Crippen LogP contribution < -0.4 is 10.1 Å². The summed E-state index contributed by atoms with van der Waals surface area (Å²) >= 11 is 5.99. The normalized spacial score (nSPS) is 27.1. The van der Waals surface area contributed by atoms with Crippen LogP contribution in [-0.4, -0.2) is 34.3 Å². The number of rotatable bonds is 4. The minimum atomic E-state index is -0.345. The van der Waals surface area contributed by atoms with E-state index in [0.717, 1.165) is 19.3 Å². The van der Waals surface area contributed by atoms with Gasteiger partial charge in [-0.1, -0.05) is 31.4 Å².